The van der Waals surface area contributed by atoms with Crippen molar-refractivity contribution >= 4 is 0 Å². The van der Waals surface area contributed by atoms with E-state index in [0.29, 0.717) is 0 Å². The van der Waals surface area contributed by atoms with Crippen LogP contribution in [0, 0.1) is 6.08 Å². The lowest BCUT2D eigenvalue weighted by Gasteiger charge is -1.94. The molecular formula is C14H19. The zero-order valence-electron chi connectivity index (χ0n) is 8.78. The highest BCUT2D eigenvalue weighted by molar-refractivity contribution is 5.08. The third kappa shape index (κ3) is 6.47. The second-order valence-electron chi connectivity index (χ2n) is 3.50. The molecule has 0 amide bonds. The Bertz CT molecular complexity index is 228. The topological polar surface area (TPSA) is 0 Å². The van der Waals surface area contributed by atoms with Gasteiger partial charge in [0.15, 0.2) is 0 Å². The maximum Gasteiger partial charge on any atom is -0.0166 e. The van der Waals surface area contributed by atoms with Gasteiger partial charge < -0.3 is 0 Å². The van der Waals surface area contributed by atoms with Gasteiger partial charge in [0.1, 0.15) is 0 Å². The van der Waals surface area contributed by atoms with Gasteiger partial charge in [-0.2, -0.15) is 0 Å². The lowest BCUT2D eigenvalue weighted by Crippen LogP contribution is -1.75. The normalized spacial score (nSPS) is 19.4. The lowest BCUT2D eigenvalue weighted by molar-refractivity contribution is 0.695. The van der Waals surface area contributed by atoms with Crippen molar-refractivity contribution in [3.05, 3.63) is 48.6 Å². The van der Waals surface area contributed by atoms with Gasteiger partial charge in [-0.15, -0.1) is 0 Å². The largest absolute Gasteiger partial charge is 0.0882 e. The van der Waals surface area contributed by atoms with E-state index in [-0.39, 0.29) is 0 Å². The summed E-state index contributed by atoms with van der Waals surface area (Å²) in [6.07, 6.45) is 25.5. The van der Waals surface area contributed by atoms with Crippen LogP contribution in [0.25, 0.3) is 0 Å². The van der Waals surface area contributed by atoms with E-state index < -0.39 is 0 Å². The third-order valence-corrected chi connectivity index (χ3v) is 2.22. The maximum absolute atomic E-state index is 3.16. The van der Waals surface area contributed by atoms with Crippen molar-refractivity contribution in [3.63, 3.8) is 0 Å². The Morgan fingerprint density at radius 3 is 2.71 bits per heavy atom. The van der Waals surface area contributed by atoms with Crippen LogP contribution in [0.4, 0.5) is 0 Å². The quantitative estimate of drug-likeness (QED) is 0.494. The molecule has 0 bridgehead atoms. The van der Waals surface area contributed by atoms with E-state index in [0.717, 1.165) is 12.8 Å². The van der Waals surface area contributed by atoms with Crippen molar-refractivity contribution < 1.29 is 0 Å². The Balaban J connectivity index is 2.36. The van der Waals surface area contributed by atoms with E-state index in [4.69, 9.17) is 0 Å². The van der Waals surface area contributed by atoms with E-state index >= 15 is 0 Å². The SMILES string of the molecule is [C]1=CCCCCCC=CCC=CC=C1. The standard InChI is InChI=1S/C14H19/c1-2-4-6-8-10-12-14-13-11-9-7-5-3-1/h1-4,7-9H,5,10-14H2. The first-order valence-electron chi connectivity index (χ1n) is 5.54. The van der Waals surface area contributed by atoms with E-state index in [1.165, 1.54) is 25.7 Å². The van der Waals surface area contributed by atoms with Crippen LogP contribution in [-0.4, -0.2) is 0 Å². The van der Waals surface area contributed by atoms with Gasteiger partial charge in [0.05, 0.1) is 0 Å². The Labute approximate surface area is 87.7 Å². The smallest absolute Gasteiger partial charge is 0.0166 e. The third-order valence-electron chi connectivity index (χ3n) is 2.22. The molecule has 1 radical (unpaired) electrons. The minimum absolute atomic E-state index is 1.05. The van der Waals surface area contributed by atoms with Crippen molar-refractivity contribution in [2.45, 2.75) is 38.5 Å². The molecule has 1 aliphatic carbocycles. The van der Waals surface area contributed by atoms with Crippen molar-refractivity contribution in [1.29, 1.82) is 0 Å². The molecule has 0 atom stereocenters. The first-order chi connectivity index (χ1) is 7.00. The fourth-order valence-corrected chi connectivity index (χ4v) is 1.40. The predicted octanol–water partition coefficient (Wildman–Crippen LogP) is 4.37. The summed E-state index contributed by atoms with van der Waals surface area (Å²) in [5.74, 6) is 0. The molecule has 0 aromatic carbocycles. The summed E-state index contributed by atoms with van der Waals surface area (Å²) in [6.45, 7) is 0. The minimum Gasteiger partial charge on any atom is -0.0882 e. The molecular weight excluding hydrogens is 168 g/mol. The lowest BCUT2D eigenvalue weighted by atomic mass is 10.1. The van der Waals surface area contributed by atoms with Crippen molar-refractivity contribution in [1.82, 2.24) is 0 Å². The van der Waals surface area contributed by atoms with Gasteiger partial charge in [0.2, 0.25) is 0 Å². The average Bonchev–Trinajstić information content (AvgIpc) is 2.22. The van der Waals surface area contributed by atoms with Gasteiger partial charge in [0.25, 0.3) is 0 Å². The average molecular weight is 187 g/mol. The Hall–Kier alpha value is -1.04. The fourth-order valence-electron chi connectivity index (χ4n) is 1.40. The van der Waals surface area contributed by atoms with Gasteiger partial charge in [0, 0.05) is 0 Å². The molecule has 0 saturated heterocycles. The molecule has 0 fully saturated rings. The highest BCUT2D eigenvalue weighted by atomic mass is 13.9. The summed E-state index contributed by atoms with van der Waals surface area (Å²) < 4.78 is 0. The number of allylic oxidation sites excluding steroid dienone is 8. The summed E-state index contributed by atoms with van der Waals surface area (Å²) in [7, 11) is 0. The summed E-state index contributed by atoms with van der Waals surface area (Å²) in [6, 6.07) is 0. The molecule has 0 aliphatic heterocycles. The first-order valence-corrected chi connectivity index (χ1v) is 5.54. The van der Waals surface area contributed by atoms with Crippen molar-refractivity contribution in [3.8, 4) is 0 Å². The molecule has 75 valence electrons. The first kappa shape index (κ1) is 11.0. The number of hydrogen-bond acceptors (Lipinski definition) is 0. The second kappa shape index (κ2) is 8.55. The molecule has 1 aliphatic rings. The van der Waals surface area contributed by atoms with Crippen molar-refractivity contribution in [2.75, 3.05) is 0 Å². The van der Waals surface area contributed by atoms with Gasteiger partial charge >= 0.3 is 0 Å². The van der Waals surface area contributed by atoms with E-state index in [2.05, 4.69) is 36.5 Å². The van der Waals surface area contributed by atoms with Crippen LogP contribution in [0.5, 0.6) is 0 Å². The molecule has 0 aromatic heterocycles. The second-order valence-corrected chi connectivity index (χ2v) is 3.50. The van der Waals surface area contributed by atoms with Gasteiger partial charge in [-0.05, 0) is 38.2 Å². The van der Waals surface area contributed by atoms with E-state index in [1.54, 1.807) is 0 Å². The van der Waals surface area contributed by atoms with Crippen LogP contribution in [0.2, 0.25) is 0 Å². The van der Waals surface area contributed by atoms with Gasteiger partial charge in [-0.1, -0.05) is 49.0 Å². The van der Waals surface area contributed by atoms with Crippen LogP contribution >= 0.6 is 0 Å². The zero-order valence-corrected chi connectivity index (χ0v) is 8.78. The number of hydrogen-bond donors (Lipinski definition) is 0. The van der Waals surface area contributed by atoms with Gasteiger partial charge in [-0.3, -0.25) is 0 Å². The molecule has 0 spiro atoms. The Kier molecular flexibility index (Phi) is 6.74. The predicted molar refractivity (Wildman–Crippen MR) is 62.9 cm³/mol. The van der Waals surface area contributed by atoms with Crippen molar-refractivity contribution in [2.24, 2.45) is 0 Å². The highest BCUT2D eigenvalue weighted by Gasteiger charge is 1.85. The monoisotopic (exact) mass is 187 g/mol. The molecule has 0 N–H and O–H groups in total. The molecule has 0 unspecified atom stereocenters. The molecule has 0 nitrogen and oxygen atoms in total. The Morgan fingerprint density at radius 2 is 1.71 bits per heavy atom. The van der Waals surface area contributed by atoms with E-state index in [1.807, 2.05) is 12.2 Å². The van der Waals surface area contributed by atoms with Crippen LogP contribution in [0.15, 0.2) is 42.5 Å². The van der Waals surface area contributed by atoms with Crippen LogP contribution in [0.1, 0.15) is 38.5 Å². The maximum atomic E-state index is 3.16. The number of rotatable bonds is 0. The Morgan fingerprint density at radius 1 is 0.786 bits per heavy atom. The molecule has 1 rings (SSSR count). The summed E-state index contributed by atoms with van der Waals surface area (Å²) in [5.41, 5.74) is 0. The molecule has 0 heterocycles. The summed E-state index contributed by atoms with van der Waals surface area (Å²) >= 11 is 0. The van der Waals surface area contributed by atoms with E-state index in [9.17, 15) is 0 Å². The molecule has 0 saturated carbocycles. The van der Waals surface area contributed by atoms with Crippen LogP contribution in [0.3, 0.4) is 0 Å². The zero-order chi connectivity index (χ0) is 9.90. The molecule has 14 heavy (non-hydrogen) atoms. The highest BCUT2D eigenvalue weighted by Crippen LogP contribution is 2.05. The summed E-state index contributed by atoms with van der Waals surface area (Å²) in [5, 5.41) is 0. The fraction of sp³-hybridized carbons (Fsp3) is 0.429. The molecule has 0 heteroatoms. The minimum atomic E-state index is 1.05. The van der Waals surface area contributed by atoms with Crippen LogP contribution in [-0.2, 0) is 0 Å². The van der Waals surface area contributed by atoms with Crippen LogP contribution < -0.4 is 0 Å². The summed E-state index contributed by atoms with van der Waals surface area (Å²) in [4.78, 5) is 0. The van der Waals surface area contributed by atoms with Gasteiger partial charge in [-0.25, -0.2) is 0 Å². The molecule has 0 aromatic rings.